The van der Waals surface area contributed by atoms with Gasteiger partial charge in [0.2, 0.25) is 11.8 Å². The summed E-state index contributed by atoms with van der Waals surface area (Å²) in [5.41, 5.74) is 2.55. The lowest BCUT2D eigenvalue weighted by molar-refractivity contribution is -0.123. The van der Waals surface area contributed by atoms with Crippen LogP contribution in [-0.2, 0) is 9.59 Å². The Bertz CT molecular complexity index is 679. The minimum atomic E-state index is -0.344. The molecule has 2 N–H and O–H groups in total. The van der Waals surface area contributed by atoms with Gasteiger partial charge in [-0.05, 0) is 47.9 Å². The van der Waals surface area contributed by atoms with Gasteiger partial charge in [0.1, 0.15) is 6.42 Å². The summed E-state index contributed by atoms with van der Waals surface area (Å²) in [5, 5.41) is 5.42. The largest absolute Gasteiger partial charge is 0.326 e. The van der Waals surface area contributed by atoms with E-state index in [0.29, 0.717) is 17.3 Å². The molecule has 2 amide bonds. The Morgan fingerprint density at radius 3 is 1.74 bits per heavy atom. The van der Waals surface area contributed by atoms with Crippen LogP contribution in [0.2, 0.25) is 0 Å². The number of halogens is 1. The van der Waals surface area contributed by atoms with Gasteiger partial charge in [-0.1, -0.05) is 41.9 Å². The van der Waals surface area contributed by atoms with Gasteiger partial charge < -0.3 is 10.6 Å². The van der Waals surface area contributed by atoms with Crippen LogP contribution in [0.1, 0.15) is 31.7 Å². The van der Waals surface area contributed by atoms with Crippen LogP contribution in [0.5, 0.6) is 0 Å². The van der Waals surface area contributed by atoms with Crippen LogP contribution in [0.3, 0.4) is 0 Å². The third kappa shape index (κ3) is 5.53. The topological polar surface area (TPSA) is 58.2 Å². The summed E-state index contributed by atoms with van der Waals surface area (Å²) in [6.07, 6.45) is -0.220. The van der Waals surface area contributed by atoms with Crippen molar-refractivity contribution in [3.05, 3.63) is 58.6 Å². The van der Waals surface area contributed by atoms with E-state index in [0.717, 1.165) is 4.47 Å². The summed E-state index contributed by atoms with van der Waals surface area (Å²) in [4.78, 5) is 23.8. The van der Waals surface area contributed by atoms with Crippen molar-refractivity contribution in [1.82, 2.24) is 0 Å². The highest BCUT2D eigenvalue weighted by Gasteiger charge is 2.10. The Morgan fingerprint density at radius 1 is 0.870 bits per heavy atom. The van der Waals surface area contributed by atoms with Crippen molar-refractivity contribution in [3.8, 4) is 0 Å². The predicted octanol–water partition coefficient (Wildman–Crippen LogP) is 4.54. The molecule has 0 aromatic heterocycles. The molecule has 120 valence electrons. The van der Waals surface area contributed by atoms with Crippen LogP contribution in [-0.4, -0.2) is 11.8 Å². The third-order valence-corrected chi connectivity index (χ3v) is 3.84. The molecule has 0 aliphatic rings. The molecule has 4 nitrogen and oxygen atoms in total. The van der Waals surface area contributed by atoms with Crippen LogP contribution < -0.4 is 10.6 Å². The van der Waals surface area contributed by atoms with Gasteiger partial charge in [-0.3, -0.25) is 9.59 Å². The summed E-state index contributed by atoms with van der Waals surface area (Å²) >= 11 is 3.33. The predicted molar refractivity (Wildman–Crippen MR) is 96.5 cm³/mol. The van der Waals surface area contributed by atoms with E-state index in [-0.39, 0.29) is 18.2 Å². The van der Waals surface area contributed by atoms with Crippen LogP contribution in [0, 0.1) is 0 Å². The second-order valence-corrected chi connectivity index (χ2v) is 6.47. The maximum Gasteiger partial charge on any atom is 0.233 e. The Hall–Kier alpha value is -2.14. The van der Waals surface area contributed by atoms with Crippen LogP contribution in [0.25, 0.3) is 0 Å². The van der Waals surface area contributed by atoms with E-state index in [9.17, 15) is 9.59 Å². The number of hydrogen-bond donors (Lipinski definition) is 2. The first kappa shape index (κ1) is 17.2. The lowest BCUT2D eigenvalue weighted by Gasteiger charge is -2.09. The number of carbonyl (C=O) groups is 2. The molecule has 0 heterocycles. The van der Waals surface area contributed by atoms with Gasteiger partial charge in [-0.25, -0.2) is 0 Å². The first-order chi connectivity index (χ1) is 10.9. The monoisotopic (exact) mass is 374 g/mol. The fraction of sp³-hybridized carbons (Fsp3) is 0.222. The second kappa shape index (κ2) is 7.92. The van der Waals surface area contributed by atoms with Crippen molar-refractivity contribution < 1.29 is 9.59 Å². The Morgan fingerprint density at radius 2 is 1.30 bits per heavy atom. The maximum atomic E-state index is 11.9. The summed E-state index contributed by atoms with van der Waals surface area (Å²) in [5.74, 6) is -0.239. The lowest BCUT2D eigenvalue weighted by Crippen LogP contribution is -2.21. The van der Waals surface area contributed by atoms with E-state index in [2.05, 4.69) is 40.4 Å². The first-order valence-electron chi connectivity index (χ1n) is 7.39. The number of anilines is 2. The molecule has 2 aromatic carbocycles. The number of rotatable bonds is 5. The van der Waals surface area contributed by atoms with Crippen molar-refractivity contribution >= 4 is 39.1 Å². The summed E-state index contributed by atoms with van der Waals surface area (Å²) < 4.78 is 0.929. The third-order valence-electron chi connectivity index (χ3n) is 3.31. The highest BCUT2D eigenvalue weighted by molar-refractivity contribution is 9.10. The second-order valence-electron chi connectivity index (χ2n) is 5.56. The Balaban J connectivity index is 1.86. The smallest absolute Gasteiger partial charge is 0.233 e. The van der Waals surface area contributed by atoms with Gasteiger partial charge >= 0.3 is 0 Å². The molecule has 0 aliphatic heterocycles. The average molecular weight is 375 g/mol. The lowest BCUT2D eigenvalue weighted by atomic mass is 10.0. The van der Waals surface area contributed by atoms with E-state index < -0.39 is 0 Å². The molecule has 0 aliphatic carbocycles. The number of carbonyl (C=O) groups excluding carboxylic acids is 2. The fourth-order valence-corrected chi connectivity index (χ4v) is 2.31. The quantitative estimate of drug-likeness (QED) is 0.754. The van der Waals surface area contributed by atoms with E-state index in [1.54, 1.807) is 12.1 Å². The zero-order chi connectivity index (χ0) is 16.8. The fourth-order valence-electron chi connectivity index (χ4n) is 2.04. The summed E-state index contributed by atoms with van der Waals surface area (Å²) in [6.45, 7) is 4.22. The van der Waals surface area contributed by atoms with Crippen LogP contribution in [0.4, 0.5) is 11.4 Å². The zero-order valence-electron chi connectivity index (χ0n) is 13.1. The molecule has 0 spiro atoms. The molecular formula is C18H19BrN2O2. The Labute approximate surface area is 144 Å². The number of nitrogens with one attached hydrogen (secondary N) is 2. The molecule has 0 unspecified atom stereocenters. The van der Waals surface area contributed by atoms with Crippen molar-refractivity contribution in [1.29, 1.82) is 0 Å². The Kier molecular flexibility index (Phi) is 5.93. The van der Waals surface area contributed by atoms with Crippen molar-refractivity contribution in [3.63, 3.8) is 0 Å². The minimum absolute atomic E-state index is 0.220. The standard InChI is InChI=1S/C18H19BrN2O2/c1-12(2)13-3-7-15(8-4-13)20-17(22)11-18(23)21-16-9-5-14(19)6-10-16/h3-10,12H,11H2,1-2H3,(H,20,22)(H,21,23). The molecular weight excluding hydrogens is 356 g/mol. The molecule has 5 heteroatoms. The van der Waals surface area contributed by atoms with Crippen LogP contribution in [0.15, 0.2) is 53.0 Å². The molecule has 2 aromatic rings. The van der Waals surface area contributed by atoms with Crippen LogP contribution >= 0.6 is 15.9 Å². The maximum absolute atomic E-state index is 11.9. The number of benzene rings is 2. The van der Waals surface area contributed by atoms with Gasteiger partial charge in [0, 0.05) is 15.8 Å². The van der Waals surface area contributed by atoms with Gasteiger partial charge in [0.05, 0.1) is 0 Å². The molecule has 0 atom stereocenters. The molecule has 23 heavy (non-hydrogen) atoms. The SMILES string of the molecule is CC(C)c1ccc(NC(=O)CC(=O)Nc2ccc(Br)cc2)cc1. The number of amides is 2. The first-order valence-corrected chi connectivity index (χ1v) is 8.18. The molecule has 0 radical (unpaired) electrons. The van der Waals surface area contributed by atoms with Gasteiger partial charge in [0.15, 0.2) is 0 Å². The van der Waals surface area contributed by atoms with Gasteiger partial charge in [-0.15, -0.1) is 0 Å². The highest BCUT2D eigenvalue weighted by Crippen LogP contribution is 2.17. The van der Waals surface area contributed by atoms with Crippen molar-refractivity contribution in [2.75, 3.05) is 10.6 Å². The summed E-state index contributed by atoms with van der Waals surface area (Å²) in [7, 11) is 0. The zero-order valence-corrected chi connectivity index (χ0v) is 14.7. The van der Waals surface area contributed by atoms with Crippen molar-refractivity contribution in [2.45, 2.75) is 26.2 Å². The number of hydrogen-bond acceptors (Lipinski definition) is 2. The van der Waals surface area contributed by atoms with E-state index >= 15 is 0 Å². The summed E-state index contributed by atoms with van der Waals surface area (Å²) in [6, 6.07) is 14.8. The molecule has 0 fully saturated rings. The van der Waals surface area contributed by atoms with E-state index in [1.165, 1.54) is 5.56 Å². The van der Waals surface area contributed by atoms with Gasteiger partial charge in [-0.2, -0.15) is 0 Å². The van der Waals surface area contributed by atoms with Gasteiger partial charge in [0.25, 0.3) is 0 Å². The van der Waals surface area contributed by atoms with E-state index in [1.807, 2.05) is 36.4 Å². The molecule has 2 rings (SSSR count). The molecule has 0 saturated heterocycles. The molecule has 0 saturated carbocycles. The normalized spacial score (nSPS) is 10.4. The van der Waals surface area contributed by atoms with Crippen molar-refractivity contribution in [2.24, 2.45) is 0 Å². The van der Waals surface area contributed by atoms with E-state index in [4.69, 9.17) is 0 Å². The molecule has 0 bridgehead atoms. The average Bonchev–Trinajstić information content (AvgIpc) is 2.50. The highest BCUT2D eigenvalue weighted by atomic mass is 79.9. The minimum Gasteiger partial charge on any atom is -0.326 e.